The minimum absolute atomic E-state index is 0.0243. The van der Waals surface area contributed by atoms with Crippen LogP contribution in [-0.4, -0.2) is 54.7 Å². The standard InChI is InChI=1S/C23H24ClN3O3S2/c24-18-8-7-17(15-21(18)32(29,30)27-11-3-4-12-27)23(28)26-13-9-16(10-14-26)22-25-19-5-1-2-6-20(19)31-22/h1-2,5-8,15-16H,3-4,9-14H2. The highest BCUT2D eigenvalue weighted by molar-refractivity contribution is 7.89. The maximum atomic E-state index is 13.2. The molecule has 2 fully saturated rings. The number of hydrogen-bond donors (Lipinski definition) is 0. The van der Waals surface area contributed by atoms with Crippen LogP contribution in [0.15, 0.2) is 47.4 Å². The Labute approximate surface area is 196 Å². The number of carbonyl (C=O) groups excluding carboxylic acids is 1. The van der Waals surface area contributed by atoms with E-state index < -0.39 is 10.0 Å². The van der Waals surface area contributed by atoms with Crippen LogP contribution in [0.3, 0.4) is 0 Å². The van der Waals surface area contributed by atoms with Gasteiger partial charge in [-0.1, -0.05) is 23.7 Å². The van der Waals surface area contributed by atoms with Crippen LogP contribution in [0.25, 0.3) is 10.2 Å². The largest absolute Gasteiger partial charge is 0.339 e. The fourth-order valence-corrected chi connectivity index (χ4v) is 7.63. The van der Waals surface area contributed by atoms with Crippen LogP contribution in [-0.2, 0) is 10.0 Å². The third kappa shape index (κ3) is 4.05. The predicted octanol–water partition coefficient (Wildman–Crippen LogP) is 4.75. The van der Waals surface area contributed by atoms with E-state index in [-0.39, 0.29) is 15.8 Å². The van der Waals surface area contributed by atoms with Crippen molar-refractivity contribution >= 4 is 49.1 Å². The average molecular weight is 490 g/mol. The second kappa shape index (κ2) is 8.74. The predicted molar refractivity (Wildman–Crippen MR) is 127 cm³/mol. The van der Waals surface area contributed by atoms with Gasteiger partial charge in [0.2, 0.25) is 10.0 Å². The van der Waals surface area contributed by atoms with Gasteiger partial charge in [0.1, 0.15) is 4.90 Å². The van der Waals surface area contributed by atoms with E-state index in [1.54, 1.807) is 22.3 Å². The molecule has 32 heavy (non-hydrogen) atoms. The Morgan fingerprint density at radius 2 is 1.75 bits per heavy atom. The summed E-state index contributed by atoms with van der Waals surface area (Å²) < 4.78 is 28.6. The molecule has 0 saturated carbocycles. The van der Waals surface area contributed by atoms with Gasteiger partial charge in [0.15, 0.2) is 0 Å². The van der Waals surface area contributed by atoms with Gasteiger partial charge >= 0.3 is 0 Å². The van der Waals surface area contributed by atoms with Crippen LogP contribution < -0.4 is 0 Å². The summed E-state index contributed by atoms with van der Waals surface area (Å²) in [7, 11) is -3.69. The smallest absolute Gasteiger partial charge is 0.253 e. The molecule has 5 rings (SSSR count). The van der Waals surface area contributed by atoms with E-state index in [1.807, 2.05) is 18.2 Å². The van der Waals surface area contributed by atoms with Gasteiger partial charge in [0, 0.05) is 37.7 Å². The van der Waals surface area contributed by atoms with Crippen molar-refractivity contribution in [3.05, 3.63) is 58.1 Å². The van der Waals surface area contributed by atoms with Gasteiger partial charge in [-0.25, -0.2) is 13.4 Å². The number of amides is 1. The van der Waals surface area contributed by atoms with Crippen LogP contribution in [0.4, 0.5) is 0 Å². The van der Waals surface area contributed by atoms with Gasteiger partial charge in [0.05, 0.1) is 20.2 Å². The van der Waals surface area contributed by atoms with Gasteiger partial charge in [-0.05, 0) is 56.0 Å². The van der Waals surface area contributed by atoms with E-state index in [9.17, 15) is 13.2 Å². The molecule has 3 heterocycles. The first-order valence-corrected chi connectivity index (χ1v) is 13.5. The number of para-hydroxylation sites is 1. The number of fused-ring (bicyclic) bond motifs is 1. The van der Waals surface area contributed by atoms with E-state index in [4.69, 9.17) is 16.6 Å². The molecule has 0 bridgehead atoms. The van der Waals surface area contributed by atoms with E-state index in [2.05, 4.69) is 6.07 Å². The van der Waals surface area contributed by atoms with Gasteiger partial charge in [-0.2, -0.15) is 4.31 Å². The molecule has 6 nitrogen and oxygen atoms in total. The zero-order valence-corrected chi connectivity index (χ0v) is 19.9. The molecule has 0 radical (unpaired) electrons. The SMILES string of the molecule is O=C(c1ccc(Cl)c(S(=O)(=O)N2CCCC2)c1)N1CCC(c2nc3ccccc3s2)CC1. The molecule has 0 unspecified atom stereocenters. The fourth-order valence-electron chi connectivity index (χ4n) is 4.48. The minimum Gasteiger partial charge on any atom is -0.339 e. The Bertz CT molecular complexity index is 1230. The van der Waals surface area contributed by atoms with Gasteiger partial charge in [0.25, 0.3) is 5.91 Å². The first-order valence-electron chi connectivity index (χ1n) is 10.9. The normalized spacial score (nSPS) is 18.5. The number of sulfonamides is 1. The molecule has 9 heteroatoms. The Hall–Kier alpha value is -2.00. The summed E-state index contributed by atoms with van der Waals surface area (Å²) in [6.45, 7) is 2.23. The highest BCUT2D eigenvalue weighted by Crippen LogP contribution is 2.34. The number of benzene rings is 2. The lowest BCUT2D eigenvalue weighted by atomic mass is 9.97. The minimum atomic E-state index is -3.69. The molecule has 1 aromatic heterocycles. The molecule has 3 aromatic rings. The Balaban J connectivity index is 1.31. The van der Waals surface area contributed by atoms with Crippen molar-refractivity contribution in [1.82, 2.24) is 14.2 Å². The third-order valence-electron chi connectivity index (χ3n) is 6.30. The maximum Gasteiger partial charge on any atom is 0.253 e. The molecule has 0 atom stereocenters. The lowest BCUT2D eigenvalue weighted by molar-refractivity contribution is 0.0712. The molecule has 168 valence electrons. The van der Waals surface area contributed by atoms with Crippen molar-refractivity contribution < 1.29 is 13.2 Å². The van der Waals surface area contributed by atoms with Crippen LogP contribution in [0.5, 0.6) is 0 Å². The molecule has 1 amide bonds. The average Bonchev–Trinajstić information content (AvgIpc) is 3.49. The van der Waals surface area contributed by atoms with Crippen LogP contribution in [0.2, 0.25) is 5.02 Å². The lowest BCUT2D eigenvalue weighted by Crippen LogP contribution is -2.38. The lowest BCUT2D eigenvalue weighted by Gasteiger charge is -2.31. The number of aromatic nitrogens is 1. The first kappa shape index (κ1) is 21.8. The molecule has 0 N–H and O–H groups in total. The molecule has 0 spiro atoms. The molecular formula is C23H24ClN3O3S2. The van der Waals surface area contributed by atoms with E-state index in [0.29, 0.717) is 37.7 Å². The summed E-state index contributed by atoms with van der Waals surface area (Å²) in [6, 6.07) is 12.7. The third-order valence-corrected chi connectivity index (χ3v) is 9.88. The van der Waals surface area contributed by atoms with Gasteiger partial charge < -0.3 is 4.90 Å². The summed E-state index contributed by atoms with van der Waals surface area (Å²) in [5, 5.41) is 1.28. The van der Waals surface area contributed by atoms with Crippen molar-refractivity contribution in [3.8, 4) is 0 Å². The summed E-state index contributed by atoms with van der Waals surface area (Å²) >= 11 is 7.96. The maximum absolute atomic E-state index is 13.2. The van der Waals surface area contributed by atoms with E-state index >= 15 is 0 Å². The molecule has 0 aliphatic carbocycles. The van der Waals surface area contributed by atoms with E-state index in [1.165, 1.54) is 21.1 Å². The fraction of sp³-hybridized carbons (Fsp3) is 0.391. The Kier molecular flexibility index (Phi) is 5.96. The Morgan fingerprint density at radius 3 is 2.47 bits per heavy atom. The summed E-state index contributed by atoms with van der Waals surface area (Å²) in [6.07, 6.45) is 3.38. The highest BCUT2D eigenvalue weighted by atomic mass is 35.5. The number of piperidine rings is 1. The van der Waals surface area contributed by atoms with Gasteiger partial charge in [-0.15, -0.1) is 11.3 Å². The molecule has 2 aromatic carbocycles. The van der Waals surface area contributed by atoms with Crippen molar-refractivity contribution in [1.29, 1.82) is 0 Å². The highest BCUT2D eigenvalue weighted by Gasteiger charge is 2.31. The second-order valence-corrected chi connectivity index (χ2v) is 11.7. The number of nitrogens with zero attached hydrogens (tertiary/aromatic N) is 3. The number of hydrogen-bond acceptors (Lipinski definition) is 5. The second-order valence-electron chi connectivity index (χ2n) is 8.34. The van der Waals surface area contributed by atoms with Crippen molar-refractivity contribution in [2.45, 2.75) is 36.5 Å². The van der Waals surface area contributed by atoms with Crippen LogP contribution in [0, 0.1) is 0 Å². The van der Waals surface area contributed by atoms with Crippen molar-refractivity contribution in [3.63, 3.8) is 0 Å². The number of halogens is 1. The number of thiazole rings is 1. The summed E-state index contributed by atoms with van der Waals surface area (Å²) in [5.41, 5.74) is 1.39. The monoisotopic (exact) mass is 489 g/mol. The Morgan fingerprint density at radius 1 is 1.03 bits per heavy atom. The number of carbonyl (C=O) groups is 1. The number of likely N-dealkylation sites (tertiary alicyclic amines) is 1. The quantitative estimate of drug-likeness (QED) is 0.530. The molecule has 2 saturated heterocycles. The zero-order chi connectivity index (χ0) is 22.3. The molecule has 2 aliphatic rings. The molecule has 2 aliphatic heterocycles. The van der Waals surface area contributed by atoms with Crippen LogP contribution in [0.1, 0.15) is 47.0 Å². The summed E-state index contributed by atoms with van der Waals surface area (Å²) in [5.74, 6) is 0.190. The first-order chi connectivity index (χ1) is 15.4. The van der Waals surface area contributed by atoms with E-state index in [0.717, 1.165) is 36.2 Å². The number of rotatable bonds is 4. The van der Waals surface area contributed by atoms with Gasteiger partial charge in [-0.3, -0.25) is 4.79 Å². The van der Waals surface area contributed by atoms with Crippen molar-refractivity contribution in [2.75, 3.05) is 26.2 Å². The summed E-state index contributed by atoms with van der Waals surface area (Å²) in [4.78, 5) is 19.8. The zero-order valence-electron chi connectivity index (χ0n) is 17.5. The van der Waals surface area contributed by atoms with Crippen molar-refractivity contribution in [2.24, 2.45) is 0 Å². The molecular weight excluding hydrogens is 466 g/mol. The topological polar surface area (TPSA) is 70.6 Å². The van der Waals surface area contributed by atoms with Crippen LogP contribution >= 0.6 is 22.9 Å².